The molecule has 5 heteroatoms. The molecule has 0 N–H and O–H groups in total. The Hall–Kier alpha value is -2.27. The first-order valence-corrected chi connectivity index (χ1v) is 7.81. The standard InChI is InChI=1S/C16H16O4S/c1-19-14-7-9-15(10-8-14)21(17,18)12-11-13-5-3-4-6-16(13)20-2/h3-12H,1-2H3/b12-11+. The highest BCUT2D eigenvalue weighted by Crippen LogP contribution is 2.22. The molecule has 0 atom stereocenters. The van der Waals surface area contributed by atoms with Crippen LogP contribution in [0.3, 0.4) is 0 Å². The molecule has 4 nitrogen and oxygen atoms in total. The van der Waals surface area contributed by atoms with Crippen LogP contribution in [0.2, 0.25) is 0 Å². The van der Waals surface area contributed by atoms with Gasteiger partial charge in [-0.1, -0.05) is 18.2 Å². The predicted octanol–water partition coefficient (Wildman–Crippen LogP) is 3.15. The molecule has 2 aromatic rings. The van der Waals surface area contributed by atoms with Crippen LogP contribution in [0.4, 0.5) is 0 Å². The van der Waals surface area contributed by atoms with Gasteiger partial charge in [0, 0.05) is 11.0 Å². The summed E-state index contributed by atoms with van der Waals surface area (Å²) in [5, 5.41) is 1.17. The van der Waals surface area contributed by atoms with Crippen LogP contribution in [-0.4, -0.2) is 22.6 Å². The van der Waals surface area contributed by atoms with Gasteiger partial charge in [0.25, 0.3) is 0 Å². The highest BCUT2D eigenvalue weighted by molar-refractivity contribution is 7.94. The van der Waals surface area contributed by atoms with Crippen molar-refractivity contribution in [3.63, 3.8) is 0 Å². The van der Waals surface area contributed by atoms with E-state index in [0.717, 1.165) is 0 Å². The molecule has 0 aromatic heterocycles. The van der Waals surface area contributed by atoms with E-state index in [4.69, 9.17) is 9.47 Å². The van der Waals surface area contributed by atoms with Gasteiger partial charge in [0.1, 0.15) is 11.5 Å². The van der Waals surface area contributed by atoms with E-state index in [-0.39, 0.29) is 4.90 Å². The molecule has 0 unspecified atom stereocenters. The van der Waals surface area contributed by atoms with Crippen LogP contribution in [-0.2, 0) is 9.84 Å². The van der Waals surface area contributed by atoms with Crippen LogP contribution in [0.1, 0.15) is 5.56 Å². The summed E-state index contributed by atoms with van der Waals surface area (Å²) in [5.74, 6) is 1.24. The predicted molar refractivity (Wildman–Crippen MR) is 82.2 cm³/mol. The second kappa shape index (κ2) is 6.45. The largest absolute Gasteiger partial charge is 0.497 e. The number of ether oxygens (including phenoxy) is 2. The van der Waals surface area contributed by atoms with E-state index in [1.807, 2.05) is 12.1 Å². The highest BCUT2D eigenvalue weighted by atomic mass is 32.2. The van der Waals surface area contributed by atoms with Crippen molar-refractivity contribution >= 4 is 15.9 Å². The number of para-hydroxylation sites is 1. The maximum Gasteiger partial charge on any atom is 0.199 e. The maximum absolute atomic E-state index is 12.2. The molecule has 0 saturated heterocycles. The molecule has 0 aliphatic heterocycles. The fourth-order valence-corrected chi connectivity index (χ4v) is 2.81. The van der Waals surface area contributed by atoms with Gasteiger partial charge in [-0.25, -0.2) is 8.42 Å². The molecule has 21 heavy (non-hydrogen) atoms. The second-order valence-corrected chi connectivity index (χ2v) is 6.10. The summed E-state index contributed by atoms with van der Waals surface area (Å²) in [4.78, 5) is 0.217. The quantitative estimate of drug-likeness (QED) is 0.851. The first-order chi connectivity index (χ1) is 10.1. The van der Waals surface area contributed by atoms with Crippen LogP contribution in [0.25, 0.3) is 6.08 Å². The average Bonchev–Trinajstić information content (AvgIpc) is 2.53. The van der Waals surface area contributed by atoms with Crippen LogP contribution >= 0.6 is 0 Å². The van der Waals surface area contributed by atoms with Crippen LogP contribution in [0, 0.1) is 0 Å². The zero-order chi connectivity index (χ0) is 15.3. The third-order valence-electron chi connectivity index (χ3n) is 2.95. The molecule has 0 amide bonds. The molecule has 0 aliphatic rings. The summed E-state index contributed by atoms with van der Waals surface area (Å²) in [6, 6.07) is 13.5. The van der Waals surface area contributed by atoms with E-state index in [9.17, 15) is 8.42 Å². The molecular formula is C16H16O4S. The Bertz CT molecular complexity index is 731. The molecule has 0 fully saturated rings. The molecule has 0 bridgehead atoms. The monoisotopic (exact) mass is 304 g/mol. The Labute approximate surface area is 124 Å². The minimum Gasteiger partial charge on any atom is -0.497 e. The van der Waals surface area contributed by atoms with Crippen molar-refractivity contribution in [2.75, 3.05) is 14.2 Å². The molecule has 0 radical (unpaired) electrons. The smallest absolute Gasteiger partial charge is 0.199 e. The molecule has 0 heterocycles. The average molecular weight is 304 g/mol. The number of hydrogen-bond donors (Lipinski definition) is 0. The fourth-order valence-electron chi connectivity index (χ4n) is 1.81. The second-order valence-electron chi connectivity index (χ2n) is 4.27. The number of methoxy groups -OCH3 is 2. The Morgan fingerprint density at radius 3 is 2.19 bits per heavy atom. The van der Waals surface area contributed by atoms with Crippen LogP contribution in [0.15, 0.2) is 58.8 Å². The molecule has 0 saturated carbocycles. The minimum atomic E-state index is -3.50. The Kier molecular flexibility index (Phi) is 4.65. The topological polar surface area (TPSA) is 52.6 Å². The van der Waals surface area contributed by atoms with Gasteiger partial charge >= 0.3 is 0 Å². The van der Waals surface area contributed by atoms with Gasteiger partial charge < -0.3 is 9.47 Å². The summed E-state index contributed by atoms with van der Waals surface area (Å²) in [6.45, 7) is 0. The van der Waals surface area contributed by atoms with Gasteiger partial charge in [0.05, 0.1) is 19.1 Å². The Morgan fingerprint density at radius 2 is 1.57 bits per heavy atom. The Morgan fingerprint density at radius 1 is 0.905 bits per heavy atom. The molecule has 110 valence electrons. The molecular weight excluding hydrogens is 288 g/mol. The van der Waals surface area contributed by atoms with Crippen molar-refractivity contribution in [1.29, 1.82) is 0 Å². The summed E-state index contributed by atoms with van der Waals surface area (Å²) >= 11 is 0. The SMILES string of the molecule is COc1ccc(S(=O)(=O)/C=C/c2ccccc2OC)cc1. The number of rotatable bonds is 5. The number of sulfone groups is 1. The summed E-state index contributed by atoms with van der Waals surface area (Å²) in [6.07, 6.45) is 1.53. The lowest BCUT2D eigenvalue weighted by Gasteiger charge is -2.04. The van der Waals surface area contributed by atoms with Crippen molar-refractivity contribution in [2.45, 2.75) is 4.90 Å². The van der Waals surface area contributed by atoms with E-state index >= 15 is 0 Å². The maximum atomic E-state index is 12.2. The minimum absolute atomic E-state index is 0.217. The van der Waals surface area contributed by atoms with Gasteiger partial charge in [-0.3, -0.25) is 0 Å². The van der Waals surface area contributed by atoms with Crippen molar-refractivity contribution in [3.05, 3.63) is 59.5 Å². The molecule has 2 aromatic carbocycles. The normalized spacial score (nSPS) is 11.5. The van der Waals surface area contributed by atoms with E-state index in [0.29, 0.717) is 17.1 Å². The Balaban J connectivity index is 2.29. The van der Waals surface area contributed by atoms with E-state index in [1.165, 1.54) is 30.7 Å². The highest BCUT2D eigenvalue weighted by Gasteiger charge is 2.10. The van der Waals surface area contributed by atoms with Gasteiger partial charge in [0.2, 0.25) is 0 Å². The zero-order valence-corrected chi connectivity index (χ0v) is 12.6. The van der Waals surface area contributed by atoms with Gasteiger partial charge in [-0.2, -0.15) is 0 Å². The summed E-state index contributed by atoms with van der Waals surface area (Å²) < 4.78 is 34.7. The van der Waals surface area contributed by atoms with Crippen molar-refractivity contribution in [3.8, 4) is 11.5 Å². The number of benzene rings is 2. The lowest BCUT2D eigenvalue weighted by atomic mass is 10.2. The van der Waals surface area contributed by atoms with Gasteiger partial charge in [-0.05, 0) is 36.4 Å². The molecule has 0 aliphatic carbocycles. The molecule has 2 rings (SSSR count). The van der Waals surface area contributed by atoms with Crippen LogP contribution in [0.5, 0.6) is 11.5 Å². The first kappa shape index (κ1) is 15.1. The zero-order valence-electron chi connectivity index (χ0n) is 11.8. The van der Waals surface area contributed by atoms with Gasteiger partial charge in [0.15, 0.2) is 9.84 Å². The molecule has 0 spiro atoms. The first-order valence-electron chi connectivity index (χ1n) is 6.27. The number of hydrogen-bond acceptors (Lipinski definition) is 4. The van der Waals surface area contributed by atoms with Crippen molar-refractivity contribution < 1.29 is 17.9 Å². The lowest BCUT2D eigenvalue weighted by molar-refractivity contribution is 0.414. The van der Waals surface area contributed by atoms with E-state index in [2.05, 4.69) is 0 Å². The summed E-state index contributed by atoms with van der Waals surface area (Å²) in [5.41, 5.74) is 0.706. The van der Waals surface area contributed by atoms with Crippen molar-refractivity contribution in [1.82, 2.24) is 0 Å². The van der Waals surface area contributed by atoms with Crippen molar-refractivity contribution in [2.24, 2.45) is 0 Å². The third kappa shape index (κ3) is 3.64. The van der Waals surface area contributed by atoms with E-state index < -0.39 is 9.84 Å². The van der Waals surface area contributed by atoms with Crippen LogP contribution < -0.4 is 9.47 Å². The van der Waals surface area contributed by atoms with E-state index in [1.54, 1.807) is 31.4 Å². The third-order valence-corrected chi connectivity index (χ3v) is 4.38. The fraction of sp³-hybridized carbons (Fsp3) is 0.125. The summed E-state index contributed by atoms with van der Waals surface area (Å²) in [7, 11) is -0.421. The van der Waals surface area contributed by atoms with Gasteiger partial charge in [-0.15, -0.1) is 0 Å². The lowest BCUT2D eigenvalue weighted by Crippen LogP contribution is -1.96.